The molecule has 7 nitrogen and oxygen atoms in total. The van der Waals surface area contributed by atoms with Crippen molar-refractivity contribution in [3.8, 4) is 0 Å². The smallest absolute Gasteiger partial charge is 0.230 e. The number of hydrogen-bond donors (Lipinski definition) is 0. The van der Waals surface area contributed by atoms with Gasteiger partial charge >= 0.3 is 0 Å². The third kappa shape index (κ3) is 5.22. The molecule has 2 aromatic rings. The van der Waals surface area contributed by atoms with Crippen molar-refractivity contribution in [2.45, 2.75) is 46.0 Å². The number of piperidine rings is 1. The summed E-state index contributed by atoms with van der Waals surface area (Å²) in [5, 5.41) is 7.53. The van der Waals surface area contributed by atoms with Gasteiger partial charge in [0.05, 0.1) is 11.8 Å². The minimum Gasteiger partial charge on any atom is -0.345 e. The summed E-state index contributed by atoms with van der Waals surface area (Å²) >= 11 is 0. The average Bonchev–Trinajstić information content (AvgIpc) is 3.12. The Morgan fingerprint density at radius 2 is 2.00 bits per heavy atom. The summed E-state index contributed by atoms with van der Waals surface area (Å²) in [4.78, 5) is 29.5. The van der Waals surface area contributed by atoms with Gasteiger partial charge in [-0.1, -0.05) is 40.6 Å². The van der Waals surface area contributed by atoms with E-state index in [0.29, 0.717) is 31.0 Å². The first-order valence-corrected chi connectivity index (χ1v) is 10.2. The Balaban J connectivity index is 1.54. The molecule has 2 amide bonds. The van der Waals surface area contributed by atoms with E-state index in [0.717, 1.165) is 25.7 Å². The van der Waals surface area contributed by atoms with Gasteiger partial charge in [-0.25, -0.2) is 4.63 Å². The van der Waals surface area contributed by atoms with Gasteiger partial charge in [-0.15, -0.1) is 0 Å². The summed E-state index contributed by atoms with van der Waals surface area (Å²) in [6, 6.07) is 10.3. The molecule has 0 saturated carbocycles. The Morgan fingerprint density at radius 1 is 1.24 bits per heavy atom. The molecule has 7 heteroatoms. The largest absolute Gasteiger partial charge is 0.345 e. The predicted molar refractivity (Wildman–Crippen MR) is 109 cm³/mol. The monoisotopic (exact) mass is 398 g/mol. The second-order valence-corrected chi connectivity index (χ2v) is 8.27. The number of carbonyl (C=O) groups is 2. The molecule has 0 aliphatic carbocycles. The molecule has 1 aliphatic heterocycles. The lowest BCUT2D eigenvalue weighted by atomic mass is 9.80. The van der Waals surface area contributed by atoms with Crippen LogP contribution in [0.3, 0.4) is 0 Å². The molecule has 1 aromatic carbocycles. The molecule has 3 rings (SSSR count). The van der Waals surface area contributed by atoms with Crippen LogP contribution in [0.2, 0.25) is 0 Å². The third-order valence-electron chi connectivity index (χ3n) is 5.78. The number of carbonyl (C=O) groups excluding carboxylic acids is 2. The van der Waals surface area contributed by atoms with Gasteiger partial charge in [-0.05, 0) is 45.1 Å². The second-order valence-electron chi connectivity index (χ2n) is 8.27. The zero-order valence-electron chi connectivity index (χ0n) is 17.6. The maximum absolute atomic E-state index is 13.2. The number of hydrogen-bond acceptors (Lipinski definition) is 5. The van der Waals surface area contributed by atoms with Crippen LogP contribution in [-0.4, -0.2) is 58.6 Å². The molecule has 1 atom stereocenters. The van der Waals surface area contributed by atoms with Crippen LogP contribution < -0.4 is 0 Å². The molecule has 0 unspecified atom stereocenters. The zero-order chi connectivity index (χ0) is 20.9. The van der Waals surface area contributed by atoms with Crippen molar-refractivity contribution in [1.29, 1.82) is 0 Å². The van der Waals surface area contributed by atoms with E-state index in [9.17, 15) is 9.59 Å². The lowest BCUT2D eigenvalue weighted by Gasteiger charge is -2.41. The molecule has 1 saturated heterocycles. The first-order chi connectivity index (χ1) is 13.9. The summed E-state index contributed by atoms with van der Waals surface area (Å²) < 4.78 is 4.68. The maximum Gasteiger partial charge on any atom is 0.230 e. The summed E-state index contributed by atoms with van der Waals surface area (Å²) in [6.45, 7) is 5.57. The Kier molecular flexibility index (Phi) is 6.67. The summed E-state index contributed by atoms with van der Waals surface area (Å²) in [5.41, 5.74) is 1.93. The molecular formula is C22H30N4O3. The normalized spacial score (nSPS) is 19.2. The zero-order valence-corrected chi connectivity index (χ0v) is 17.6. The number of aromatic nitrogens is 2. The molecule has 0 radical (unpaired) electrons. The van der Waals surface area contributed by atoms with E-state index in [2.05, 4.69) is 27.1 Å². The molecule has 1 fully saturated rings. The molecule has 156 valence electrons. The fraction of sp³-hybridized carbons (Fsp3) is 0.545. The number of aryl methyl sites for hydroxylation is 2. The van der Waals surface area contributed by atoms with Gasteiger partial charge in [-0.2, -0.15) is 0 Å². The van der Waals surface area contributed by atoms with E-state index in [-0.39, 0.29) is 18.2 Å². The highest BCUT2D eigenvalue weighted by Gasteiger charge is 2.40. The minimum absolute atomic E-state index is 0.0331. The first kappa shape index (κ1) is 21.0. The van der Waals surface area contributed by atoms with Gasteiger partial charge in [0.25, 0.3) is 0 Å². The van der Waals surface area contributed by atoms with Crippen LogP contribution >= 0.6 is 0 Å². The third-order valence-corrected chi connectivity index (χ3v) is 5.78. The van der Waals surface area contributed by atoms with Crippen LogP contribution in [-0.2, 0) is 22.4 Å². The quantitative estimate of drug-likeness (QED) is 0.716. The fourth-order valence-corrected chi connectivity index (χ4v) is 4.02. The van der Waals surface area contributed by atoms with Gasteiger partial charge in [0.15, 0.2) is 0 Å². The number of nitrogens with zero attached hydrogens (tertiary/aromatic N) is 4. The number of amides is 2. The molecule has 1 aliphatic rings. The number of rotatable bonds is 7. The van der Waals surface area contributed by atoms with Crippen LogP contribution in [0.5, 0.6) is 0 Å². The molecule has 1 aromatic heterocycles. The molecular weight excluding hydrogens is 368 g/mol. The Bertz CT molecular complexity index is 836. The van der Waals surface area contributed by atoms with Crippen LogP contribution in [0.4, 0.5) is 0 Å². The number of likely N-dealkylation sites (tertiary alicyclic amines) is 1. The molecule has 2 heterocycles. The van der Waals surface area contributed by atoms with Crippen molar-refractivity contribution >= 4 is 11.8 Å². The Labute approximate surface area is 172 Å². The Morgan fingerprint density at radius 3 is 2.69 bits per heavy atom. The second kappa shape index (κ2) is 9.20. The van der Waals surface area contributed by atoms with Crippen molar-refractivity contribution in [3.05, 3.63) is 47.3 Å². The molecule has 0 N–H and O–H groups in total. The predicted octanol–water partition coefficient (Wildman–Crippen LogP) is 2.64. The standard InChI is InChI=1S/C22H30N4O3/c1-17-19(24-29-23-17)15-20(27)26-14-8-12-22(2,16-26)21(28)25(3)13-7-11-18-9-5-4-6-10-18/h4-6,9-10H,7-8,11-16H2,1-3H3/t22-/m1/s1. The van der Waals surface area contributed by atoms with Gasteiger partial charge in [-0.3, -0.25) is 9.59 Å². The fourth-order valence-electron chi connectivity index (χ4n) is 4.02. The Hall–Kier alpha value is -2.70. The van der Waals surface area contributed by atoms with Crippen LogP contribution in [0.25, 0.3) is 0 Å². The van der Waals surface area contributed by atoms with Gasteiger partial charge < -0.3 is 9.80 Å². The van der Waals surface area contributed by atoms with Crippen molar-refractivity contribution < 1.29 is 14.2 Å². The summed E-state index contributed by atoms with van der Waals surface area (Å²) in [7, 11) is 1.86. The molecule has 0 spiro atoms. The maximum atomic E-state index is 13.2. The topological polar surface area (TPSA) is 79.5 Å². The lowest BCUT2D eigenvalue weighted by Crippen LogP contribution is -2.52. The lowest BCUT2D eigenvalue weighted by molar-refractivity contribution is -0.146. The van der Waals surface area contributed by atoms with Gasteiger partial charge in [0.1, 0.15) is 11.4 Å². The van der Waals surface area contributed by atoms with E-state index in [1.165, 1.54) is 5.56 Å². The van der Waals surface area contributed by atoms with Gasteiger partial charge in [0.2, 0.25) is 11.8 Å². The average molecular weight is 399 g/mol. The van der Waals surface area contributed by atoms with Crippen LogP contribution in [0.1, 0.15) is 43.1 Å². The van der Waals surface area contributed by atoms with Crippen molar-refractivity contribution in [3.63, 3.8) is 0 Å². The highest BCUT2D eigenvalue weighted by molar-refractivity contribution is 5.84. The van der Waals surface area contributed by atoms with E-state index < -0.39 is 5.41 Å². The number of benzene rings is 1. The van der Waals surface area contributed by atoms with Crippen LogP contribution in [0, 0.1) is 12.3 Å². The van der Waals surface area contributed by atoms with Crippen LogP contribution in [0.15, 0.2) is 35.0 Å². The van der Waals surface area contributed by atoms with E-state index in [1.807, 2.05) is 37.1 Å². The van der Waals surface area contributed by atoms with Crippen molar-refractivity contribution in [2.24, 2.45) is 5.41 Å². The van der Waals surface area contributed by atoms with Crippen molar-refractivity contribution in [2.75, 3.05) is 26.7 Å². The SMILES string of the molecule is Cc1nonc1CC(=O)N1CCC[C@@](C)(C(=O)N(C)CCCc2ccccc2)C1. The first-order valence-electron chi connectivity index (χ1n) is 10.2. The molecule has 0 bridgehead atoms. The highest BCUT2D eigenvalue weighted by atomic mass is 16.6. The van der Waals surface area contributed by atoms with E-state index >= 15 is 0 Å². The van der Waals surface area contributed by atoms with Crippen molar-refractivity contribution in [1.82, 2.24) is 20.1 Å². The van der Waals surface area contributed by atoms with E-state index in [1.54, 1.807) is 11.8 Å². The van der Waals surface area contributed by atoms with Gasteiger partial charge in [0, 0.05) is 26.7 Å². The van der Waals surface area contributed by atoms with E-state index in [4.69, 9.17) is 0 Å². The molecule has 29 heavy (non-hydrogen) atoms. The minimum atomic E-state index is -0.549. The summed E-state index contributed by atoms with van der Waals surface area (Å²) in [6.07, 6.45) is 3.64. The summed E-state index contributed by atoms with van der Waals surface area (Å²) in [5.74, 6) is 0.0802. The highest BCUT2D eigenvalue weighted by Crippen LogP contribution is 2.32.